The van der Waals surface area contributed by atoms with Crippen LogP contribution in [0.5, 0.6) is 5.75 Å². The minimum Gasteiger partial charge on any atom is -0.495 e. The predicted molar refractivity (Wildman–Crippen MR) is 128 cm³/mol. The summed E-state index contributed by atoms with van der Waals surface area (Å²) in [6, 6.07) is 10.0. The Balaban J connectivity index is 1.64. The number of ether oxygens (including phenoxy) is 1. The number of anilines is 3. The highest BCUT2D eigenvalue weighted by atomic mass is 35.5. The smallest absolute Gasteiger partial charge is 0.253 e. The molecule has 1 saturated heterocycles. The van der Waals surface area contributed by atoms with Crippen LogP contribution in [-0.2, 0) is 9.59 Å². The second-order valence-corrected chi connectivity index (χ2v) is 8.84. The van der Waals surface area contributed by atoms with Crippen LogP contribution in [0.2, 0.25) is 5.02 Å². The van der Waals surface area contributed by atoms with Gasteiger partial charge in [0.25, 0.3) is 5.91 Å². The molecule has 174 valence electrons. The molecule has 2 aliphatic rings. The maximum absolute atomic E-state index is 13.4. The second-order valence-electron chi connectivity index (χ2n) is 8.43. The summed E-state index contributed by atoms with van der Waals surface area (Å²) < 4.78 is 5.14. The number of fused-ring (bicyclic) bond motifs is 3. The summed E-state index contributed by atoms with van der Waals surface area (Å²) >= 11 is 6.16. The Kier molecular flexibility index (Phi) is 6.47. The number of halogens is 1. The van der Waals surface area contributed by atoms with Gasteiger partial charge < -0.3 is 19.9 Å². The van der Waals surface area contributed by atoms with Gasteiger partial charge in [0.05, 0.1) is 23.5 Å². The van der Waals surface area contributed by atoms with Crippen molar-refractivity contribution in [2.75, 3.05) is 49.4 Å². The molecule has 9 heteroatoms. The monoisotopic (exact) mass is 470 g/mol. The first-order valence-corrected chi connectivity index (χ1v) is 11.2. The van der Waals surface area contributed by atoms with Gasteiger partial charge in [0, 0.05) is 31.9 Å². The van der Waals surface area contributed by atoms with Crippen molar-refractivity contribution < 1.29 is 19.1 Å². The number of nitrogens with zero attached hydrogens (tertiary/aromatic N) is 3. The third-order valence-corrected chi connectivity index (χ3v) is 6.32. The fraction of sp³-hybridized carbons (Fsp3) is 0.375. The molecule has 2 heterocycles. The Bertz CT molecular complexity index is 1100. The molecule has 4 rings (SSSR count). The highest BCUT2D eigenvalue weighted by molar-refractivity contribution is 6.32. The lowest BCUT2D eigenvalue weighted by atomic mass is 9.95. The molecule has 33 heavy (non-hydrogen) atoms. The number of nitrogens with one attached hydrogen (secondary N) is 1. The number of benzene rings is 2. The van der Waals surface area contributed by atoms with Gasteiger partial charge in [-0.1, -0.05) is 11.6 Å². The Morgan fingerprint density at radius 3 is 2.64 bits per heavy atom. The lowest BCUT2D eigenvalue weighted by Gasteiger charge is -2.45. The molecule has 0 aliphatic carbocycles. The number of hydrogen-bond acceptors (Lipinski definition) is 5. The molecule has 0 saturated carbocycles. The molecular weight excluding hydrogens is 444 g/mol. The van der Waals surface area contributed by atoms with E-state index in [1.807, 2.05) is 6.07 Å². The summed E-state index contributed by atoms with van der Waals surface area (Å²) in [5, 5.41) is 3.17. The minimum atomic E-state index is -0.357. The van der Waals surface area contributed by atoms with Gasteiger partial charge >= 0.3 is 0 Å². The van der Waals surface area contributed by atoms with Crippen LogP contribution in [-0.4, -0.2) is 63.0 Å². The number of carbonyl (C=O) groups excluding carboxylic acids is 3. The zero-order valence-electron chi connectivity index (χ0n) is 18.9. The van der Waals surface area contributed by atoms with E-state index in [2.05, 4.69) is 10.2 Å². The summed E-state index contributed by atoms with van der Waals surface area (Å²) in [4.78, 5) is 44.0. The molecule has 1 atom stereocenters. The average molecular weight is 471 g/mol. The van der Waals surface area contributed by atoms with E-state index in [1.54, 1.807) is 44.4 Å². The molecule has 2 aliphatic heterocycles. The molecule has 1 N–H and O–H groups in total. The largest absolute Gasteiger partial charge is 0.495 e. The molecule has 2 aromatic rings. The van der Waals surface area contributed by atoms with Gasteiger partial charge in [0.1, 0.15) is 18.3 Å². The fourth-order valence-electron chi connectivity index (χ4n) is 4.40. The van der Waals surface area contributed by atoms with E-state index < -0.39 is 0 Å². The van der Waals surface area contributed by atoms with E-state index in [4.69, 9.17) is 16.3 Å². The van der Waals surface area contributed by atoms with Gasteiger partial charge in [-0.25, -0.2) is 0 Å². The Labute approximate surface area is 198 Å². The molecule has 0 radical (unpaired) electrons. The van der Waals surface area contributed by atoms with E-state index >= 15 is 0 Å². The minimum absolute atomic E-state index is 0.125. The summed E-state index contributed by atoms with van der Waals surface area (Å²) in [7, 11) is 4.88. The topological polar surface area (TPSA) is 82.2 Å². The van der Waals surface area contributed by atoms with Crippen molar-refractivity contribution in [3.63, 3.8) is 0 Å². The highest BCUT2D eigenvalue weighted by Crippen LogP contribution is 2.40. The van der Waals surface area contributed by atoms with Crippen LogP contribution in [0.3, 0.4) is 0 Å². The molecule has 1 fully saturated rings. The Morgan fingerprint density at radius 1 is 1.15 bits per heavy atom. The van der Waals surface area contributed by atoms with Crippen LogP contribution in [0.25, 0.3) is 0 Å². The Hall–Kier alpha value is -3.26. The summed E-state index contributed by atoms with van der Waals surface area (Å²) in [6.45, 7) is 0.605. The van der Waals surface area contributed by atoms with E-state index in [9.17, 15) is 14.4 Å². The van der Waals surface area contributed by atoms with Crippen molar-refractivity contribution >= 4 is 46.4 Å². The third kappa shape index (κ3) is 4.48. The van der Waals surface area contributed by atoms with Crippen molar-refractivity contribution in [2.24, 2.45) is 0 Å². The molecule has 8 nitrogen and oxygen atoms in total. The standard InChI is InChI=1S/C24H27ClN4O4/c1-27(2)23(31)15-7-9-18-20(12-15)29(24(32)19-6-4-5-11-28(18)19)14-22(30)26-16-8-10-21(33-3)17(25)13-16/h7-10,12-13,19H,4-6,11,14H2,1-3H3,(H,26,30)/t19-/m1/s1. The van der Waals surface area contributed by atoms with Crippen LogP contribution in [0.4, 0.5) is 17.1 Å². The van der Waals surface area contributed by atoms with E-state index in [1.165, 1.54) is 16.9 Å². The van der Waals surface area contributed by atoms with Gasteiger partial charge in [-0.05, 0) is 55.7 Å². The first-order chi connectivity index (χ1) is 15.8. The fourth-order valence-corrected chi connectivity index (χ4v) is 4.66. The summed E-state index contributed by atoms with van der Waals surface area (Å²) in [5.41, 5.74) is 2.42. The zero-order chi connectivity index (χ0) is 23.7. The number of amides is 3. The quantitative estimate of drug-likeness (QED) is 0.724. The van der Waals surface area contributed by atoms with E-state index in [-0.39, 0.29) is 30.3 Å². The van der Waals surface area contributed by atoms with Crippen molar-refractivity contribution in [1.29, 1.82) is 0 Å². The lowest BCUT2D eigenvalue weighted by molar-refractivity contribution is -0.123. The highest BCUT2D eigenvalue weighted by Gasteiger charge is 2.40. The average Bonchev–Trinajstić information content (AvgIpc) is 2.81. The van der Waals surface area contributed by atoms with Crippen LogP contribution in [0, 0.1) is 0 Å². The molecular formula is C24H27ClN4O4. The Morgan fingerprint density at radius 2 is 1.94 bits per heavy atom. The van der Waals surface area contributed by atoms with E-state index in [0.717, 1.165) is 31.5 Å². The van der Waals surface area contributed by atoms with Crippen LogP contribution in [0.15, 0.2) is 36.4 Å². The van der Waals surface area contributed by atoms with Gasteiger partial charge in [-0.2, -0.15) is 0 Å². The molecule has 2 aromatic carbocycles. The van der Waals surface area contributed by atoms with E-state index in [0.29, 0.717) is 27.7 Å². The van der Waals surface area contributed by atoms with Crippen molar-refractivity contribution in [1.82, 2.24) is 4.90 Å². The molecule has 0 bridgehead atoms. The van der Waals surface area contributed by atoms with Gasteiger partial charge in [-0.15, -0.1) is 0 Å². The normalized spacial score (nSPS) is 17.2. The van der Waals surface area contributed by atoms with Crippen molar-refractivity contribution in [2.45, 2.75) is 25.3 Å². The molecule has 0 unspecified atom stereocenters. The maximum atomic E-state index is 13.4. The second kappa shape index (κ2) is 9.31. The number of carbonyl (C=O) groups is 3. The third-order valence-electron chi connectivity index (χ3n) is 6.02. The number of methoxy groups -OCH3 is 1. The summed E-state index contributed by atoms with van der Waals surface area (Å²) in [5.74, 6) is -0.141. The van der Waals surface area contributed by atoms with Crippen molar-refractivity contribution in [3.8, 4) is 5.75 Å². The predicted octanol–water partition coefficient (Wildman–Crippen LogP) is 3.39. The molecule has 0 aromatic heterocycles. The van der Waals surface area contributed by atoms with Gasteiger partial charge in [-0.3, -0.25) is 19.3 Å². The van der Waals surface area contributed by atoms with Crippen LogP contribution < -0.4 is 19.9 Å². The number of piperidine rings is 1. The first-order valence-electron chi connectivity index (χ1n) is 10.9. The van der Waals surface area contributed by atoms with Crippen LogP contribution >= 0.6 is 11.6 Å². The van der Waals surface area contributed by atoms with Crippen LogP contribution in [0.1, 0.15) is 29.6 Å². The van der Waals surface area contributed by atoms with Gasteiger partial charge in [0.15, 0.2) is 0 Å². The molecule has 0 spiro atoms. The molecule has 3 amide bonds. The lowest BCUT2D eigenvalue weighted by Crippen LogP contribution is -2.56. The number of rotatable bonds is 5. The van der Waals surface area contributed by atoms with Crippen molar-refractivity contribution in [3.05, 3.63) is 47.0 Å². The van der Waals surface area contributed by atoms with Gasteiger partial charge in [0.2, 0.25) is 11.8 Å². The zero-order valence-corrected chi connectivity index (χ0v) is 19.7. The maximum Gasteiger partial charge on any atom is 0.253 e. The number of hydrogen-bond donors (Lipinski definition) is 1. The SMILES string of the molecule is COc1ccc(NC(=O)CN2C(=O)[C@H]3CCCCN3c3ccc(C(=O)N(C)C)cc32)cc1Cl. The summed E-state index contributed by atoms with van der Waals surface area (Å²) in [6.07, 6.45) is 2.70. The first kappa shape index (κ1) is 22.9.